The van der Waals surface area contributed by atoms with Crippen LogP contribution in [0.2, 0.25) is 0 Å². The lowest BCUT2D eigenvalue weighted by Crippen LogP contribution is -2.48. The molecule has 0 saturated carbocycles. The van der Waals surface area contributed by atoms with Crippen LogP contribution in [-0.4, -0.2) is 109 Å². The van der Waals surface area contributed by atoms with Gasteiger partial charge in [0.2, 0.25) is 11.8 Å². The van der Waals surface area contributed by atoms with Crippen LogP contribution in [0.4, 0.5) is 24.0 Å². The fourth-order valence-corrected chi connectivity index (χ4v) is 5.45. The number of hydrogen-bond donors (Lipinski definition) is 7. The molecule has 0 unspecified atom stereocenters. The molecular formula is C44H75N7O12. The van der Waals surface area contributed by atoms with Crippen molar-refractivity contribution in [2.45, 2.75) is 175 Å². The van der Waals surface area contributed by atoms with E-state index in [-0.39, 0.29) is 52.0 Å². The largest absolute Gasteiger partial charge is 0.445 e. The SMILES string of the molecule is CC(C)(C)OC(=O)NCCC[C@@H](CNC(=O)C[C@H](CCCNC(=O)[C@H](CCCNC(=O)OC(C)(C)C)NC(=O)OCc1ccccc1)NC(=O)OC(C)(C)C)NC(=O)OC(C)(C)C. The van der Waals surface area contributed by atoms with Crippen LogP contribution in [0.1, 0.15) is 134 Å². The molecule has 3 atom stereocenters. The molecule has 0 fully saturated rings. The van der Waals surface area contributed by atoms with E-state index in [1.807, 2.05) is 18.2 Å². The first kappa shape index (κ1) is 55.5. The highest BCUT2D eigenvalue weighted by Gasteiger charge is 2.26. The Hall–Kier alpha value is -5.49. The van der Waals surface area contributed by atoms with Crippen molar-refractivity contribution in [3.8, 4) is 0 Å². The zero-order valence-corrected chi connectivity index (χ0v) is 39.5. The number of ether oxygens (including phenoxy) is 5. The Morgan fingerprint density at radius 2 is 0.921 bits per heavy atom. The lowest BCUT2D eigenvalue weighted by atomic mass is 10.1. The van der Waals surface area contributed by atoms with Gasteiger partial charge in [0.25, 0.3) is 0 Å². The zero-order chi connectivity index (χ0) is 47.9. The number of benzene rings is 1. The van der Waals surface area contributed by atoms with E-state index in [4.69, 9.17) is 23.7 Å². The van der Waals surface area contributed by atoms with Crippen LogP contribution in [0.15, 0.2) is 30.3 Å². The predicted octanol–water partition coefficient (Wildman–Crippen LogP) is 6.08. The second-order valence-electron chi connectivity index (χ2n) is 19.0. The molecular weight excluding hydrogens is 819 g/mol. The number of hydrogen-bond acceptors (Lipinski definition) is 12. The molecule has 0 radical (unpaired) electrons. The third-order valence-electron chi connectivity index (χ3n) is 8.00. The van der Waals surface area contributed by atoms with Crippen molar-refractivity contribution in [3.63, 3.8) is 0 Å². The van der Waals surface area contributed by atoms with Gasteiger partial charge >= 0.3 is 30.5 Å². The molecule has 7 amide bonds. The predicted molar refractivity (Wildman–Crippen MR) is 237 cm³/mol. The summed E-state index contributed by atoms with van der Waals surface area (Å²) >= 11 is 0. The van der Waals surface area contributed by atoms with Gasteiger partial charge in [-0.25, -0.2) is 24.0 Å². The van der Waals surface area contributed by atoms with Gasteiger partial charge in [-0.15, -0.1) is 0 Å². The van der Waals surface area contributed by atoms with Crippen LogP contribution in [0.3, 0.4) is 0 Å². The molecule has 0 spiro atoms. The maximum atomic E-state index is 13.4. The molecule has 7 N–H and O–H groups in total. The third kappa shape index (κ3) is 31.1. The lowest BCUT2D eigenvalue weighted by Gasteiger charge is -2.25. The minimum Gasteiger partial charge on any atom is -0.445 e. The first-order valence-electron chi connectivity index (χ1n) is 21.5. The van der Waals surface area contributed by atoms with Crippen molar-refractivity contribution in [1.29, 1.82) is 0 Å². The standard InChI is InChI=1S/C44H75N7O12/c1-41(2,3)60-36(54)46-25-17-22-32(50-40(58)63-44(10,11)12)28-48-34(52)27-31(49-39(57)62-43(7,8)9)21-16-24-45-35(53)33(23-18-26-47-37(55)61-42(4,5)6)51-38(56)59-29-30-19-14-13-15-20-30/h13-15,19-20,31-33H,16-18,21-29H2,1-12H3,(H,45,53)(H,46,54)(H,47,55)(H,48,52)(H,49,57)(H,50,58)(H,51,56)/t31-,32-,33-/m0/s1. The molecule has 19 nitrogen and oxygen atoms in total. The number of rotatable bonds is 22. The van der Waals surface area contributed by atoms with E-state index in [0.717, 1.165) is 5.56 Å². The zero-order valence-electron chi connectivity index (χ0n) is 39.5. The molecule has 63 heavy (non-hydrogen) atoms. The summed E-state index contributed by atoms with van der Waals surface area (Å²) in [5, 5.41) is 19.1. The number of carbonyl (C=O) groups excluding carboxylic acids is 7. The molecule has 0 heterocycles. The van der Waals surface area contributed by atoms with Crippen LogP contribution in [0.25, 0.3) is 0 Å². The Morgan fingerprint density at radius 3 is 1.41 bits per heavy atom. The molecule has 0 saturated heterocycles. The summed E-state index contributed by atoms with van der Waals surface area (Å²) in [5.41, 5.74) is -2.15. The van der Waals surface area contributed by atoms with E-state index in [9.17, 15) is 33.6 Å². The molecule has 0 aliphatic heterocycles. The lowest BCUT2D eigenvalue weighted by molar-refractivity contribution is -0.123. The summed E-state index contributed by atoms with van der Waals surface area (Å²) < 4.78 is 26.7. The van der Waals surface area contributed by atoms with Crippen LogP contribution in [0.5, 0.6) is 0 Å². The summed E-state index contributed by atoms with van der Waals surface area (Å²) in [6, 6.07) is 6.76. The van der Waals surface area contributed by atoms with E-state index < -0.39 is 82.8 Å². The second-order valence-corrected chi connectivity index (χ2v) is 19.0. The Labute approximate surface area is 373 Å². The number of nitrogens with one attached hydrogen (secondary N) is 7. The van der Waals surface area contributed by atoms with Gasteiger partial charge < -0.3 is 60.9 Å². The van der Waals surface area contributed by atoms with Crippen LogP contribution >= 0.6 is 0 Å². The van der Waals surface area contributed by atoms with Gasteiger partial charge in [0, 0.05) is 44.7 Å². The van der Waals surface area contributed by atoms with E-state index >= 15 is 0 Å². The van der Waals surface area contributed by atoms with Crippen LogP contribution < -0.4 is 37.2 Å². The summed E-state index contributed by atoms with van der Waals surface area (Å²) in [4.78, 5) is 89.1. The van der Waals surface area contributed by atoms with Gasteiger partial charge in [-0.05, 0) is 127 Å². The number of alkyl carbamates (subject to hydrolysis) is 5. The number of carbonyl (C=O) groups is 7. The maximum Gasteiger partial charge on any atom is 0.408 e. The van der Waals surface area contributed by atoms with Gasteiger partial charge in [-0.3, -0.25) is 9.59 Å². The van der Waals surface area contributed by atoms with Gasteiger partial charge in [0.1, 0.15) is 35.1 Å². The van der Waals surface area contributed by atoms with Crippen molar-refractivity contribution in [3.05, 3.63) is 35.9 Å². The minimum atomic E-state index is -1.01. The van der Waals surface area contributed by atoms with E-state index in [2.05, 4.69) is 37.2 Å². The van der Waals surface area contributed by atoms with Gasteiger partial charge in [-0.2, -0.15) is 0 Å². The summed E-state index contributed by atoms with van der Waals surface area (Å²) in [6.45, 7) is 21.4. The van der Waals surface area contributed by atoms with Crippen molar-refractivity contribution in [2.75, 3.05) is 26.2 Å². The second kappa shape index (κ2) is 26.9. The van der Waals surface area contributed by atoms with Gasteiger partial charge in [-0.1, -0.05) is 30.3 Å². The Morgan fingerprint density at radius 1 is 0.492 bits per heavy atom. The first-order valence-corrected chi connectivity index (χ1v) is 21.5. The summed E-state index contributed by atoms with van der Waals surface area (Å²) in [5.74, 6) is -0.926. The fourth-order valence-electron chi connectivity index (χ4n) is 5.45. The van der Waals surface area contributed by atoms with Gasteiger partial charge in [0.15, 0.2) is 0 Å². The molecule has 1 aromatic carbocycles. The summed E-state index contributed by atoms with van der Waals surface area (Å²) in [6.07, 6.45) is -1.68. The topological polar surface area (TPSA) is 250 Å². The minimum absolute atomic E-state index is 0.00489. The van der Waals surface area contributed by atoms with Gasteiger partial charge in [0.05, 0.1) is 0 Å². The van der Waals surface area contributed by atoms with E-state index in [0.29, 0.717) is 25.7 Å². The third-order valence-corrected chi connectivity index (χ3v) is 8.00. The van der Waals surface area contributed by atoms with E-state index in [1.165, 1.54) is 0 Å². The molecule has 1 aromatic rings. The van der Waals surface area contributed by atoms with Crippen molar-refractivity contribution in [2.24, 2.45) is 0 Å². The molecule has 1 rings (SSSR count). The van der Waals surface area contributed by atoms with Crippen molar-refractivity contribution in [1.82, 2.24) is 37.2 Å². The highest BCUT2D eigenvalue weighted by atomic mass is 16.6. The van der Waals surface area contributed by atoms with Crippen LogP contribution in [0, 0.1) is 0 Å². The molecule has 0 aliphatic carbocycles. The average Bonchev–Trinajstić information content (AvgIpc) is 3.11. The highest BCUT2D eigenvalue weighted by molar-refractivity contribution is 5.85. The molecule has 0 aromatic heterocycles. The molecule has 358 valence electrons. The molecule has 19 heteroatoms. The first-order chi connectivity index (χ1) is 29.1. The van der Waals surface area contributed by atoms with Crippen molar-refractivity contribution >= 4 is 42.3 Å². The fraction of sp³-hybridized carbons (Fsp3) is 0.705. The number of amides is 7. The Kier molecular flexibility index (Phi) is 23.7. The maximum absolute atomic E-state index is 13.4. The monoisotopic (exact) mass is 894 g/mol. The Balaban J connectivity index is 2.95. The smallest absolute Gasteiger partial charge is 0.408 e. The normalized spacial score (nSPS) is 13.1. The molecule has 0 aliphatic rings. The molecule has 0 bridgehead atoms. The highest BCUT2D eigenvalue weighted by Crippen LogP contribution is 2.12. The van der Waals surface area contributed by atoms with E-state index in [1.54, 1.807) is 95.2 Å². The average molecular weight is 894 g/mol. The van der Waals surface area contributed by atoms with Crippen LogP contribution in [-0.2, 0) is 39.9 Å². The quantitative estimate of drug-likeness (QED) is 0.0517. The van der Waals surface area contributed by atoms with Crippen molar-refractivity contribution < 1.29 is 57.2 Å². The Bertz CT molecular complexity index is 1600. The summed E-state index contributed by atoms with van der Waals surface area (Å²) in [7, 11) is 0.